The molecule has 44 heavy (non-hydrogen) atoms. The van der Waals surface area contributed by atoms with Crippen molar-refractivity contribution in [1.29, 1.82) is 0 Å². The molecule has 0 aliphatic carbocycles. The standard InChI is InChI=1S/C35H45FN4O4/c1-4-6-8-19-37-35(42)38-27-10-12-28(13-11-27)43-30-14-15-32(31(36)24-30)39-34(41)26-9-16-33(25(3)23-26)44-29-17-21-40(22-18-29)20-7-5-2/h9-16,23-24,29H,4-8,17-22H2,1-3H3,(H,39,41)(H2,37,38,42). The van der Waals surface area contributed by atoms with E-state index in [1.165, 1.54) is 25.0 Å². The number of likely N-dealkylation sites (tertiary alicyclic amines) is 1. The van der Waals surface area contributed by atoms with Crippen molar-refractivity contribution < 1.29 is 23.5 Å². The third-order valence-electron chi connectivity index (χ3n) is 7.70. The number of hydrogen-bond acceptors (Lipinski definition) is 5. The number of carbonyl (C=O) groups excluding carboxylic acids is 2. The number of hydrogen-bond donors (Lipinski definition) is 3. The molecule has 3 aromatic rings. The molecule has 0 atom stereocenters. The van der Waals surface area contributed by atoms with Crippen LogP contribution in [0.25, 0.3) is 0 Å². The van der Waals surface area contributed by atoms with Crippen LogP contribution in [-0.2, 0) is 0 Å². The predicted molar refractivity (Wildman–Crippen MR) is 174 cm³/mol. The molecule has 9 heteroatoms. The number of amides is 3. The Morgan fingerprint density at radius 3 is 2.30 bits per heavy atom. The van der Waals surface area contributed by atoms with Crippen molar-refractivity contribution in [1.82, 2.24) is 10.2 Å². The van der Waals surface area contributed by atoms with Gasteiger partial charge in [-0.1, -0.05) is 33.1 Å². The quantitative estimate of drug-likeness (QED) is 0.162. The largest absolute Gasteiger partial charge is 0.490 e. The predicted octanol–water partition coefficient (Wildman–Crippen LogP) is 8.13. The fraction of sp³-hybridized carbons (Fsp3) is 0.429. The van der Waals surface area contributed by atoms with Gasteiger partial charge < -0.3 is 30.3 Å². The van der Waals surface area contributed by atoms with E-state index in [4.69, 9.17) is 9.47 Å². The van der Waals surface area contributed by atoms with Gasteiger partial charge in [0.25, 0.3) is 5.91 Å². The van der Waals surface area contributed by atoms with Gasteiger partial charge in [0.05, 0.1) is 5.69 Å². The summed E-state index contributed by atoms with van der Waals surface area (Å²) in [5.74, 6) is 0.513. The lowest BCUT2D eigenvalue weighted by Gasteiger charge is -2.32. The van der Waals surface area contributed by atoms with Gasteiger partial charge in [-0.2, -0.15) is 0 Å². The molecule has 0 unspecified atom stereocenters. The summed E-state index contributed by atoms with van der Waals surface area (Å²) in [4.78, 5) is 27.4. The van der Waals surface area contributed by atoms with Gasteiger partial charge in [0, 0.05) is 37.0 Å². The van der Waals surface area contributed by atoms with Crippen molar-refractivity contribution in [2.45, 2.75) is 71.8 Å². The molecule has 0 saturated carbocycles. The van der Waals surface area contributed by atoms with E-state index in [0.717, 1.165) is 63.1 Å². The van der Waals surface area contributed by atoms with Crippen LogP contribution in [0.15, 0.2) is 60.7 Å². The number of benzene rings is 3. The Morgan fingerprint density at radius 1 is 0.886 bits per heavy atom. The number of nitrogens with zero attached hydrogens (tertiary/aromatic N) is 1. The lowest BCUT2D eigenvalue weighted by atomic mass is 10.1. The highest BCUT2D eigenvalue weighted by molar-refractivity contribution is 6.04. The minimum Gasteiger partial charge on any atom is -0.490 e. The summed E-state index contributed by atoms with van der Waals surface area (Å²) in [6.45, 7) is 10.1. The number of halogens is 1. The molecule has 0 aromatic heterocycles. The Bertz CT molecular complexity index is 1370. The summed E-state index contributed by atoms with van der Waals surface area (Å²) in [6, 6.07) is 16.1. The molecule has 236 valence electrons. The van der Waals surface area contributed by atoms with Crippen molar-refractivity contribution in [3.05, 3.63) is 77.6 Å². The maximum absolute atomic E-state index is 14.9. The van der Waals surface area contributed by atoms with Crippen molar-refractivity contribution in [3.8, 4) is 17.2 Å². The Morgan fingerprint density at radius 2 is 1.61 bits per heavy atom. The van der Waals surface area contributed by atoms with Gasteiger partial charge in [0.15, 0.2) is 0 Å². The molecular weight excluding hydrogens is 559 g/mol. The third-order valence-corrected chi connectivity index (χ3v) is 7.70. The summed E-state index contributed by atoms with van der Waals surface area (Å²) >= 11 is 0. The Labute approximate surface area is 260 Å². The highest BCUT2D eigenvalue weighted by Crippen LogP contribution is 2.28. The van der Waals surface area contributed by atoms with Crippen LogP contribution in [0.1, 0.15) is 74.7 Å². The number of aryl methyl sites for hydroxylation is 1. The van der Waals surface area contributed by atoms with Crippen LogP contribution in [0.4, 0.5) is 20.6 Å². The lowest BCUT2D eigenvalue weighted by molar-refractivity contribution is 0.0991. The van der Waals surface area contributed by atoms with E-state index in [9.17, 15) is 14.0 Å². The molecule has 4 rings (SSSR count). The maximum Gasteiger partial charge on any atom is 0.319 e. The highest BCUT2D eigenvalue weighted by Gasteiger charge is 2.21. The first-order valence-corrected chi connectivity index (χ1v) is 15.8. The normalized spacial score (nSPS) is 13.7. The molecule has 0 spiro atoms. The van der Waals surface area contributed by atoms with Crippen molar-refractivity contribution in [2.75, 3.05) is 36.8 Å². The van der Waals surface area contributed by atoms with E-state index in [1.54, 1.807) is 42.5 Å². The molecule has 8 nitrogen and oxygen atoms in total. The Balaban J connectivity index is 1.26. The molecule has 1 aliphatic heterocycles. The number of piperidine rings is 1. The molecule has 3 amide bonds. The van der Waals surface area contributed by atoms with E-state index >= 15 is 0 Å². The fourth-order valence-electron chi connectivity index (χ4n) is 5.08. The van der Waals surface area contributed by atoms with Gasteiger partial charge in [-0.25, -0.2) is 9.18 Å². The number of unbranched alkanes of at least 4 members (excludes halogenated alkanes) is 3. The smallest absolute Gasteiger partial charge is 0.319 e. The zero-order chi connectivity index (χ0) is 31.3. The monoisotopic (exact) mass is 604 g/mol. The molecule has 1 aliphatic rings. The van der Waals surface area contributed by atoms with Gasteiger partial charge in [-0.05, 0) is 99.3 Å². The van der Waals surface area contributed by atoms with Crippen LogP contribution in [0.3, 0.4) is 0 Å². The molecular formula is C35H45FN4O4. The Kier molecular flexibility index (Phi) is 12.4. The zero-order valence-electron chi connectivity index (χ0n) is 26.1. The number of rotatable bonds is 14. The van der Waals surface area contributed by atoms with Crippen LogP contribution < -0.4 is 25.4 Å². The summed E-state index contributed by atoms with van der Waals surface area (Å²) in [5, 5.41) is 8.25. The van der Waals surface area contributed by atoms with Crippen LogP contribution >= 0.6 is 0 Å². The maximum atomic E-state index is 14.9. The average molecular weight is 605 g/mol. The van der Waals surface area contributed by atoms with Gasteiger partial charge >= 0.3 is 6.03 Å². The number of carbonyl (C=O) groups is 2. The lowest BCUT2D eigenvalue weighted by Crippen LogP contribution is -2.38. The topological polar surface area (TPSA) is 91.9 Å². The molecule has 1 heterocycles. The molecule has 0 radical (unpaired) electrons. The summed E-state index contributed by atoms with van der Waals surface area (Å²) in [5.41, 5.74) is 1.96. The fourth-order valence-corrected chi connectivity index (χ4v) is 5.08. The molecule has 1 fully saturated rings. The summed E-state index contributed by atoms with van der Waals surface area (Å²) < 4.78 is 27.0. The van der Waals surface area contributed by atoms with Gasteiger partial charge in [0.1, 0.15) is 29.2 Å². The second kappa shape index (κ2) is 16.7. The van der Waals surface area contributed by atoms with Crippen LogP contribution in [0.5, 0.6) is 17.2 Å². The van der Waals surface area contributed by atoms with Gasteiger partial charge in [0.2, 0.25) is 0 Å². The van der Waals surface area contributed by atoms with Crippen LogP contribution in [0.2, 0.25) is 0 Å². The highest BCUT2D eigenvalue weighted by atomic mass is 19.1. The van der Waals surface area contributed by atoms with E-state index in [1.807, 2.05) is 13.0 Å². The van der Waals surface area contributed by atoms with Crippen molar-refractivity contribution in [3.63, 3.8) is 0 Å². The number of nitrogens with one attached hydrogen (secondary N) is 3. The summed E-state index contributed by atoms with van der Waals surface area (Å²) in [7, 11) is 0. The van der Waals surface area contributed by atoms with Crippen LogP contribution in [-0.4, -0.2) is 49.1 Å². The summed E-state index contributed by atoms with van der Waals surface area (Å²) in [6.07, 6.45) is 7.69. The number of urea groups is 1. The van der Waals surface area contributed by atoms with E-state index < -0.39 is 11.7 Å². The van der Waals surface area contributed by atoms with E-state index in [2.05, 4.69) is 34.7 Å². The first-order valence-electron chi connectivity index (χ1n) is 15.8. The minimum atomic E-state index is -0.615. The first kappa shape index (κ1) is 32.8. The van der Waals surface area contributed by atoms with Crippen molar-refractivity contribution >= 4 is 23.3 Å². The second-order valence-electron chi connectivity index (χ2n) is 11.3. The average Bonchev–Trinajstić information content (AvgIpc) is 3.02. The van der Waals surface area contributed by atoms with Gasteiger partial charge in [-0.3, -0.25) is 4.79 Å². The van der Waals surface area contributed by atoms with Crippen LogP contribution in [0, 0.1) is 12.7 Å². The van der Waals surface area contributed by atoms with E-state index in [0.29, 0.717) is 23.5 Å². The zero-order valence-corrected chi connectivity index (χ0v) is 26.1. The second-order valence-corrected chi connectivity index (χ2v) is 11.3. The number of ether oxygens (including phenoxy) is 2. The molecule has 3 aromatic carbocycles. The minimum absolute atomic E-state index is 0.0552. The Hall–Kier alpha value is -4.11. The van der Waals surface area contributed by atoms with Gasteiger partial charge in [-0.15, -0.1) is 0 Å². The number of anilines is 2. The van der Waals surface area contributed by atoms with Crippen molar-refractivity contribution in [2.24, 2.45) is 0 Å². The van der Waals surface area contributed by atoms with E-state index in [-0.39, 0.29) is 23.6 Å². The SMILES string of the molecule is CCCCCNC(=O)Nc1ccc(Oc2ccc(NC(=O)c3ccc(OC4CCN(CCCC)CC4)c(C)c3)c(F)c2)cc1. The molecule has 0 bridgehead atoms. The molecule has 3 N–H and O–H groups in total. The third kappa shape index (κ3) is 9.98. The first-order chi connectivity index (χ1) is 21.3. The molecule has 1 saturated heterocycles.